The number of rotatable bonds is 3. The number of hydrogen-bond acceptors (Lipinski definition) is 2. The molecule has 0 aromatic heterocycles. The van der Waals surface area contributed by atoms with Gasteiger partial charge in [-0.3, -0.25) is 4.79 Å². The molecule has 0 saturated heterocycles. The molecule has 0 aliphatic heterocycles. The minimum absolute atomic E-state index is 0.0325. The molecule has 18 heavy (non-hydrogen) atoms. The van der Waals surface area contributed by atoms with Gasteiger partial charge in [-0.05, 0) is 23.8 Å². The Morgan fingerprint density at radius 1 is 1.17 bits per heavy atom. The van der Waals surface area contributed by atoms with Gasteiger partial charge < -0.3 is 5.73 Å². The Bertz CT molecular complexity index is 578. The van der Waals surface area contributed by atoms with Crippen molar-refractivity contribution in [1.29, 1.82) is 0 Å². The summed E-state index contributed by atoms with van der Waals surface area (Å²) < 4.78 is 13.6. The molecule has 0 radical (unpaired) electrons. The van der Waals surface area contributed by atoms with Gasteiger partial charge in [-0.25, -0.2) is 4.39 Å². The summed E-state index contributed by atoms with van der Waals surface area (Å²) in [6, 6.07) is 11.2. The van der Waals surface area contributed by atoms with E-state index in [4.69, 9.17) is 17.3 Å². The lowest BCUT2D eigenvalue weighted by atomic mass is 10.0. The molecule has 0 atom stereocenters. The molecule has 0 unspecified atom stereocenters. The first kappa shape index (κ1) is 12.6. The summed E-state index contributed by atoms with van der Waals surface area (Å²) in [7, 11) is 0. The van der Waals surface area contributed by atoms with E-state index in [1.54, 1.807) is 24.3 Å². The smallest absolute Gasteiger partial charge is 0.172 e. The molecule has 4 heteroatoms. The van der Waals surface area contributed by atoms with Gasteiger partial charge in [0.2, 0.25) is 0 Å². The molecular formula is C14H11ClFNO. The number of hydrogen-bond donors (Lipinski definition) is 1. The lowest BCUT2D eigenvalue weighted by Crippen LogP contribution is -2.09. The second-order valence-corrected chi connectivity index (χ2v) is 4.30. The Kier molecular flexibility index (Phi) is 3.63. The van der Waals surface area contributed by atoms with Crippen molar-refractivity contribution in [1.82, 2.24) is 0 Å². The zero-order valence-corrected chi connectivity index (χ0v) is 10.2. The first-order valence-corrected chi connectivity index (χ1v) is 5.78. The number of benzene rings is 2. The highest BCUT2D eigenvalue weighted by molar-refractivity contribution is 6.31. The third-order valence-electron chi connectivity index (χ3n) is 2.63. The summed E-state index contributed by atoms with van der Waals surface area (Å²) >= 11 is 5.96. The van der Waals surface area contributed by atoms with Crippen molar-refractivity contribution in [3.8, 4) is 0 Å². The highest BCUT2D eigenvalue weighted by Crippen LogP contribution is 2.21. The highest BCUT2D eigenvalue weighted by atomic mass is 35.5. The van der Waals surface area contributed by atoms with Crippen molar-refractivity contribution in [3.63, 3.8) is 0 Å². The number of anilines is 1. The molecule has 2 N–H and O–H groups in total. The van der Waals surface area contributed by atoms with E-state index >= 15 is 0 Å². The van der Waals surface area contributed by atoms with Crippen molar-refractivity contribution >= 4 is 23.1 Å². The van der Waals surface area contributed by atoms with Crippen LogP contribution in [-0.2, 0) is 6.42 Å². The molecule has 92 valence electrons. The maximum absolute atomic E-state index is 13.6. The summed E-state index contributed by atoms with van der Waals surface area (Å²) in [5.74, 6) is -0.981. The van der Waals surface area contributed by atoms with Crippen molar-refractivity contribution in [2.24, 2.45) is 0 Å². The molecule has 2 nitrogen and oxygen atoms in total. The Labute approximate surface area is 109 Å². The van der Waals surface area contributed by atoms with E-state index in [9.17, 15) is 9.18 Å². The summed E-state index contributed by atoms with van der Waals surface area (Å²) in [5, 5.41) is 0.487. The van der Waals surface area contributed by atoms with Crippen molar-refractivity contribution in [3.05, 3.63) is 64.4 Å². The molecular weight excluding hydrogens is 253 g/mol. The predicted octanol–water partition coefficient (Wildman–Crippen LogP) is 3.49. The molecule has 0 fully saturated rings. The molecule has 0 aliphatic rings. The predicted molar refractivity (Wildman–Crippen MR) is 70.3 cm³/mol. The topological polar surface area (TPSA) is 43.1 Å². The standard InChI is InChI=1S/C14H11ClFNO/c15-10-5-2-1-4-9(10)8-13(18)14-11(16)6-3-7-12(14)17/h1-7H,8,17H2. The van der Waals surface area contributed by atoms with Crippen LogP contribution in [0.15, 0.2) is 42.5 Å². The van der Waals surface area contributed by atoms with E-state index in [2.05, 4.69) is 0 Å². The van der Waals surface area contributed by atoms with Crippen LogP contribution in [0.2, 0.25) is 5.02 Å². The van der Waals surface area contributed by atoms with Crippen LogP contribution in [0.25, 0.3) is 0 Å². The molecule has 0 bridgehead atoms. The van der Waals surface area contributed by atoms with E-state index in [-0.39, 0.29) is 23.5 Å². The first-order valence-electron chi connectivity index (χ1n) is 5.40. The van der Waals surface area contributed by atoms with Gasteiger partial charge in [0.15, 0.2) is 5.78 Å². The van der Waals surface area contributed by atoms with Crippen molar-refractivity contribution < 1.29 is 9.18 Å². The minimum Gasteiger partial charge on any atom is -0.398 e. The lowest BCUT2D eigenvalue weighted by molar-refractivity contribution is 0.0990. The van der Waals surface area contributed by atoms with Gasteiger partial charge >= 0.3 is 0 Å². The zero-order chi connectivity index (χ0) is 13.1. The zero-order valence-electron chi connectivity index (χ0n) is 9.49. The highest BCUT2D eigenvalue weighted by Gasteiger charge is 2.16. The normalized spacial score (nSPS) is 10.3. The van der Waals surface area contributed by atoms with E-state index in [1.165, 1.54) is 18.2 Å². The molecule has 2 aromatic carbocycles. The van der Waals surface area contributed by atoms with E-state index in [1.807, 2.05) is 0 Å². The lowest BCUT2D eigenvalue weighted by Gasteiger charge is -2.07. The second kappa shape index (κ2) is 5.19. The second-order valence-electron chi connectivity index (χ2n) is 3.90. The number of nitrogens with two attached hydrogens (primary N) is 1. The van der Waals surface area contributed by atoms with E-state index in [0.717, 1.165) is 0 Å². The Morgan fingerprint density at radius 2 is 1.89 bits per heavy atom. The van der Waals surface area contributed by atoms with Crippen LogP contribution in [0.3, 0.4) is 0 Å². The number of carbonyl (C=O) groups excluding carboxylic acids is 1. The monoisotopic (exact) mass is 263 g/mol. The van der Waals surface area contributed by atoms with Crippen LogP contribution in [-0.4, -0.2) is 5.78 Å². The fourth-order valence-corrected chi connectivity index (χ4v) is 1.94. The molecule has 0 amide bonds. The maximum atomic E-state index is 13.6. The van der Waals surface area contributed by atoms with Gasteiger partial charge in [0, 0.05) is 17.1 Å². The summed E-state index contributed by atoms with van der Waals surface area (Å²) in [6.07, 6.45) is 0.0325. The van der Waals surface area contributed by atoms with Crippen LogP contribution >= 0.6 is 11.6 Å². The Balaban J connectivity index is 2.31. The van der Waals surface area contributed by atoms with Gasteiger partial charge in [0.1, 0.15) is 5.82 Å². The number of halogens is 2. The van der Waals surface area contributed by atoms with Gasteiger partial charge in [-0.2, -0.15) is 0 Å². The largest absolute Gasteiger partial charge is 0.398 e. The average Bonchev–Trinajstić information content (AvgIpc) is 2.32. The minimum atomic E-state index is -0.605. The first-order chi connectivity index (χ1) is 8.59. The van der Waals surface area contributed by atoms with Crippen LogP contribution in [0.1, 0.15) is 15.9 Å². The van der Waals surface area contributed by atoms with E-state index in [0.29, 0.717) is 10.6 Å². The molecule has 2 rings (SSSR count). The van der Waals surface area contributed by atoms with Gasteiger partial charge in [-0.15, -0.1) is 0 Å². The molecule has 2 aromatic rings. The average molecular weight is 264 g/mol. The van der Waals surface area contributed by atoms with Crippen molar-refractivity contribution in [2.75, 3.05) is 5.73 Å². The molecule has 0 aliphatic carbocycles. The number of ketones is 1. The third kappa shape index (κ3) is 2.51. The molecule has 0 saturated carbocycles. The van der Waals surface area contributed by atoms with E-state index < -0.39 is 5.82 Å². The maximum Gasteiger partial charge on any atom is 0.172 e. The SMILES string of the molecule is Nc1cccc(F)c1C(=O)Cc1ccccc1Cl. The Morgan fingerprint density at radius 3 is 2.56 bits per heavy atom. The number of nitrogen functional groups attached to an aromatic ring is 1. The summed E-state index contributed by atoms with van der Waals surface area (Å²) in [4.78, 5) is 12.0. The summed E-state index contributed by atoms with van der Waals surface area (Å²) in [5.41, 5.74) is 6.35. The van der Waals surface area contributed by atoms with Gasteiger partial charge in [0.05, 0.1) is 5.56 Å². The van der Waals surface area contributed by atoms with Crippen LogP contribution in [0, 0.1) is 5.82 Å². The van der Waals surface area contributed by atoms with Gasteiger partial charge in [0.25, 0.3) is 0 Å². The number of Topliss-reactive ketones (excluding diaryl/α,β-unsaturated/α-hetero) is 1. The fourth-order valence-electron chi connectivity index (χ4n) is 1.74. The van der Waals surface area contributed by atoms with Crippen LogP contribution in [0.4, 0.5) is 10.1 Å². The van der Waals surface area contributed by atoms with Crippen molar-refractivity contribution in [2.45, 2.75) is 6.42 Å². The molecule has 0 spiro atoms. The fraction of sp³-hybridized carbons (Fsp3) is 0.0714. The Hall–Kier alpha value is -1.87. The third-order valence-corrected chi connectivity index (χ3v) is 3.00. The van der Waals surface area contributed by atoms with Gasteiger partial charge in [-0.1, -0.05) is 35.9 Å². The van der Waals surface area contributed by atoms with Crippen LogP contribution in [0.5, 0.6) is 0 Å². The number of carbonyl (C=O) groups is 1. The van der Waals surface area contributed by atoms with Crippen LogP contribution < -0.4 is 5.73 Å². The molecule has 0 heterocycles. The summed E-state index contributed by atoms with van der Waals surface area (Å²) in [6.45, 7) is 0. The quantitative estimate of drug-likeness (QED) is 0.680.